The van der Waals surface area contributed by atoms with Crippen molar-refractivity contribution >= 4 is 16.9 Å². The van der Waals surface area contributed by atoms with Gasteiger partial charge in [0.1, 0.15) is 12.4 Å². The van der Waals surface area contributed by atoms with E-state index in [1.54, 1.807) is 7.11 Å². The van der Waals surface area contributed by atoms with Crippen LogP contribution in [-0.4, -0.2) is 35.7 Å². The van der Waals surface area contributed by atoms with Crippen LogP contribution in [0.3, 0.4) is 0 Å². The summed E-state index contributed by atoms with van der Waals surface area (Å²) in [4.78, 5) is 16.7. The van der Waals surface area contributed by atoms with Gasteiger partial charge in [-0.1, -0.05) is 37.6 Å². The molecule has 1 aromatic heterocycles. The first-order valence-corrected chi connectivity index (χ1v) is 10.2. The van der Waals surface area contributed by atoms with Crippen LogP contribution in [-0.2, 0) is 23.0 Å². The van der Waals surface area contributed by atoms with Crippen molar-refractivity contribution in [1.29, 1.82) is 0 Å². The van der Waals surface area contributed by atoms with Crippen LogP contribution in [0.4, 0.5) is 0 Å². The molecule has 0 saturated carbocycles. The van der Waals surface area contributed by atoms with Crippen molar-refractivity contribution in [2.75, 3.05) is 20.3 Å². The zero-order chi connectivity index (χ0) is 20.3. The number of aromatic nitrogens is 2. The first-order valence-electron chi connectivity index (χ1n) is 10.2. The number of benzene rings is 1. The van der Waals surface area contributed by atoms with Crippen molar-refractivity contribution in [3.63, 3.8) is 0 Å². The molecule has 0 bridgehead atoms. The lowest BCUT2D eigenvalue weighted by atomic mass is 9.69. The van der Waals surface area contributed by atoms with Gasteiger partial charge in [-0.05, 0) is 49.1 Å². The third-order valence-electron chi connectivity index (χ3n) is 6.20. The lowest BCUT2D eigenvalue weighted by Gasteiger charge is -2.37. The average Bonchev–Trinajstić information content (AvgIpc) is 2.98. The quantitative estimate of drug-likeness (QED) is 0.741. The maximum atomic E-state index is 11.8. The third-order valence-corrected chi connectivity index (χ3v) is 6.20. The molecule has 0 spiro atoms. The summed E-state index contributed by atoms with van der Waals surface area (Å²) in [5.41, 5.74) is 3.67. The summed E-state index contributed by atoms with van der Waals surface area (Å²) in [5, 5.41) is 3.03. The standard InChI is InChI=1S/C23H33N3O2/c1-15(2)19-11-17(16(3)10-18(19)13-24-23(27)14-28-5)12-22-25-20-8-6-7-9-21(20)26(22)4/h6-10,15,17-19H,11-14H2,1-5H3,(H,24,27). The highest BCUT2D eigenvalue weighted by Gasteiger charge is 2.32. The molecular weight excluding hydrogens is 350 g/mol. The highest BCUT2D eigenvalue weighted by Crippen LogP contribution is 2.38. The molecule has 1 aliphatic carbocycles. The first kappa shape index (κ1) is 20.6. The molecular formula is C23H33N3O2. The number of nitrogens with zero attached hydrogens (tertiary/aromatic N) is 2. The smallest absolute Gasteiger partial charge is 0.246 e. The molecule has 28 heavy (non-hydrogen) atoms. The van der Waals surface area contributed by atoms with Gasteiger partial charge < -0.3 is 14.6 Å². The molecule has 1 amide bonds. The minimum absolute atomic E-state index is 0.0436. The van der Waals surface area contributed by atoms with Crippen LogP contribution in [0.25, 0.3) is 11.0 Å². The minimum Gasteiger partial charge on any atom is -0.375 e. The summed E-state index contributed by atoms with van der Waals surface area (Å²) >= 11 is 0. The Morgan fingerprint density at radius 1 is 1.36 bits per heavy atom. The van der Waals surface area contributed by atoms with E-state index in [1.165, 1.54) is 11.1 Å². The van der Waals surface area contributed by atoms with E-state index in [-0.39, 0.29) is 12.5 Å². The third kappa shape index (κ3) is 4.46. The van der Waals surface area contributed by atoms with Crippen molar-refractivity contribution in [1.82, 2.24) is 14.9 Å². The largest absolute Gasteiger partial charge is 0.375 e. The number of amides is 1. The Morgan fingerprint density at radius 3 is 2.79 bits per heavy atom. The van der Waals surface area contributed by atoms with Gasteiger partial charge in [0.2, 0.25) is 5.91 Å². The Balaban J connectivity index is 1.76. The Bertz CT molecular complexity index is 853. The summed E-state index contributed by atoms with van der Waals surface area (Å²) in [5.74, 6) is 3.08. The summed E-state index contributed by atoms with van der Waals surface area (Å²) in [7, 11) is 3.66. The minimum atomic E-state index is -0.0436. The Labute approximate surface area is 168 Å². The Morgan fingerprint density at radius 2 is 2.11 bits per heavy atom. The molecule has 3 atom stereocenters. The van der Waals surface area contributed by atoms with Gasteiger partial charge in [-0.15, -0.1) is 0 Å². The number of methoxy groups -OCH3 is 1. The predicted octanol–water partition coefficient (Wildman–Crippen LogP) is 3.73. The number of para-hydroxylation sites is 2. The van der Waals surface area contributed by atoms with E-state index < -0.39 is 0 Å². The number of aryl methyl sites for hydroxylation is 1. The molecule has 1 heterocycles. The van der Waals surface area contributed by atoms with E-state index in [2.05, 4.69) is 62.0 Å². The highest BCUT2D eigenvalue weighted by atomic mass is 16.5. The maximum absolute atomic E-state index is 11.8. The molecule has 0 radical (unpaired) electrons. The summed E-state index contributed by atoms with van der Waals surface area (Å²) in [6.07, 6.45) is 4.47. The molecule has 1 aromatic carbocycles. The van der Waals surface area contributed by atoms with Crippen LogP contribution in [0.2, 0.25) is 0 Å². The van der Waals surface area contributed by atoms with Crippen LogP contribution >= 0.6 is 0 Å². The van der Waals surface area contributed by atoms with Gasteiger partial charge in [-0.2, -0.15) is 0 Å². The average molecular weight is 384 g/mol. The fraction of sp³-hybridized carbons (Fsp3) is 0.565. The molecule has 152 valence electrons. The van der Waals surface area contributed by atoms with E-state index >= 15 is 0 Å². The van der Waals surface area contributed by atoms with Crippen LogP contribution in [0.1, 0.15) is 33.0 Å². The number of rotatable bonds is 7. The predicted molar refractivity (Wildman–Crippen MR) is 113 cm³/mol. The summed E-state index contributed by atoms with van der Waals surface area (Å²) < 4.78 is 7.15. The van der Waals surface area contributed by atoms with E-state index in [1.807, 2.05) is 6.07 Å². The van der Waals surface area contributed by atoms with Crippen LogP contribution in [0.15, 0.2) is 35.9 Å². The number of hydrogen-bond acceptors (Lipinski definition) is 3. The molecule has 3 rings (SSSR count). The number of ether oxygens (including phenoxy) is 1. The van der Waals surface area contributed by atoms with E-state index in [0.717, 1.165) is 24.2 Å². The van der Waals surface area contributed by atoms with Crippen LogP contribution in [0.5, 0.6) is 0 Å². The first-order chi connectivity index (χ1) is 13.4. The highest BCUT2D eigenvalue weighted by molar-refractivity contribution is 5.77. The SMILES string of the molecule is COCC(=O)NCC1C=C(C)C(Cc2nc3ccccc3n2C)CC1C(C)C. The molecule has 0 fully saturated rings. The normalized spacial score (nSPS) is 22.5. The van der Waals surface area contributed by atoms with E-state index in [4.69, 9.17) is 9.72 Å². The maximum Gasteiger partial charge on any atom is 0.246 e. The van der Waals surface area contributed by atoms with Gasteiger partial charge in [0.25, 0.3) is 0 Å². The molecule has 0 saturated heterocycles. The molecule has 1 aliphatic rings. The van der Waals surface area contributed by atoms with Gasteiger partial charge in [-0.3, -0.25) is 4.79 Å². The Hall–Kier alpha value is -2.14. The molecule has 3 unspecified atom stereocenters. The van der Waals surface area contributed by atoms with Crippen molar-refractivity contribution < 1.29 is 9.53 Å². The van der Waals surface area contributed by atoms with Gasteiger partial charge >= 0.3 is 0 Å². The van der Waals surface area contributed by atoms with Gasteiger partial charge in [0.15, 0.2) is 0 Å². The number of allylic oxidation sites excluding steroid dienone is 1. The van der Waals surface area contributed by atoms with Crippen molar-refractivity contribution in [3.8, 4) is 0 Å². The van der Waals surface area contributed by atoms with E-state index in [9.17, 15) is 4.79 Å². The van der Waals surface area contributed by atoms with Crippen molar-refractivity contribution in [2.45, 2.75) is 33.6 Å². The van der Waals surface area contributed by atoms with Gasteiger partial charge in [0.05, 0.1) is 11.0 Å². The summed E-state index contributed by atoms with van der Waals surface area (Å²) in [6, 6.07) is 8.32. The number of nitrogens with one attached hydrogen (secondary N) is 1. The summed E-state index contributed by atoms with van der Waals surface area (Å²) in [6.45, 7) is 7.61. The number of carbonyl (C=O) groups is 1. The second-order valence-corrected chi connectivity index (χ2v) is 8.43. The Kier molecular flexibility index (Phi) is 6.55. The van der Waals surface area contributed by atoms with Crippen molar-refractivity contribution in [2.24, 2.45) is 30.7 Å². The van der Waals surface area contributed by atoms with Gasteiger partial charge in [0, 0.05) is 27.1 Å². The number of imidazole rings is 1. The van der Waals surface area contributed by atoms with Crippen molar-refractivity contribution in [3.05, 3.63) is 41.7 Å². The van der Waals surface area contributed by atoms with E-state index in [0.29, 0.717) is 30.2 Å². The molecule has 0 aliphatic heterocycles. The molecule has 1 N–H and O–H groups in total. The monoisotopic (exact) mass is 383 g/mol. The number of carbonyl (C=O) groups excluding carboxylic acids is 1. The van der Waals surface area contributed by atoms with Crippen LogP contribution < -0.4 is 5.32 Å². The molecule has 2 aromatic rings. The molecule has 5 heteroatoms. The lowest BCUT2D eigenvalue weighted by Crippen LogP contribution is -2.38. The fourth-order valence-electron chi connectivity index (χ4n) is 4.52. The van der Waals surface area contributed by atoms with Crippen LogP contribution in [0, 0.1) is 23.7 Å². The van der Waals surface area contributed by atoms with Gasteiger partial charge in [-0.25, -0.2) is 4.98 Å². The number of fused-ring (bicyclic) bond motifs is 1. The molecule has 5 nitrogen and oxygen atoms in total. The second kappa shape index (κ2) is 8.91. The fourth-order valence-corrected chi connectivity index (χ4v) is 4.52. The zero-order valence-electron chi connectivity index (χ0n) is 17.7. The second-order valence-electron chi connectivity index (χ2n) is 8.43. The lowest BCUT2D eigenvalue weighted by molar-refractivity contribution is -0.124. The number of hydrogen-bond donors (Lipinski definition) is 1. The zero-order valence-corrected chi connectivity index (χ0v) is 17.7. The topological polar surface area (TPSA) is 56.1 Å².